The summed E-state index contributed by atoms with van der Waals surface area (Å²) in [7, 11) is 1.83. The van der Waals surface area contributed by atoms with Gasteiger partial charge in [0.05, 0.1) is 11.1 Å². The highest BCUT2D eigenvalue weighted by Crippen LogP contribution is 2.28. The van der Waals surface area contributed by atoms with E-state index in [1.807, 2.05) is 20.2 Å². The minimum absolute atomic E-state index is 0.0438. The Morgan fingerprint density at radius 2 is 2.25 bits per heavy atom. The van der Waals surface area contributed by atoms with Gasteiger partial charge in [0.15, 0.2) is 0 Å². The Morgan fingerprint density at radius 3 is 2.80 bits per heavy atom. The van der Waals surface area contributed by atoms with E-state index < -0.39 is 0 Å². The van der Waals surface area contributed by atoms with Crippen LogP contribution in [0.5, 0.6) is 0 Å². The summed E-state index contributed by atoms with van der Waals surface area (Å²) in [4.78, 5) is 10.8. The van der Waals surface area contributed by atoms with Crippen molar-refractivity contribution >= 4 is 11.5 Å². The second-order valence-electron chi connectivity index (χ2n) is 4.64. The first kappa shape index (κ1) is 14.0. The molecule has 0 aliphatic heterocycles. The van der Waals surface area contributed by atoms with Crippen molar-refractivity contribution in [2.75, 3.05) is 5.32 Å². The molecule has 0 aliphatic rings. The molecule has 0 fully saturated rings. The predicted octanol–water partition coefficient (Wildman–Crippen LogP) is 1.86. The maximum absolute atomic E-state index is 11.2. The Balaban J connectivity index is 2.25. The molecule has 0 spiro atoms. The maximum atomic E-state index is 11.2. The Hall–Kier alpha value is -2.38. The van der Waals surface area contributed by atoms with Gasteiger partial charge in [-0.05, 0) is 13.3 Å². The van der Waals surface area contributed by atoms with Gasteiger partial charge in [-0.2, -0.15) is 10.2 Å². The molecule has 0 aromatic carbocycles. The van der Waals surface area contributed by atoms with E-state index in [9.17, 15) is 10.1 Å². The van der Waals surface area contributed by atoms with Gasteiger partial charge in [0.1, 0.15) is 5.69 Å². The third-order valence-corrected chi connectivity index (χ3v) is 2.93. The van der Waals surface area contributed by atoms with Crippen LogP contribution < -0.4 is 5.32 Å². The van der Waals surface area contributed by atoms with Crippen LogP contribution in [0, 0.1) is 17.0 Å². The van der Waals surface area contributed by atoms with Crippen molar-refractivity contribution in [1.82, 2.24) is 19.6 Å². The van der Waals surface area contributed by atoms with Crippen molar-refractivity contribution in [3.8, 4) is 0 Å². The Bertz CT molecular complexity index is 615. The van der Waals surface area contributed by atoms with E-state index in [-0.39, 0.29) is 10.6 Å². The summed E-state index contributed by atoms with van der Waals surface area (Å²) < 4.78 is 3.35. The standard InChI is InChI=1S/C12H18N6O2/c1-4-5-17-12(11(18(19)20)9(2)15-17)13-6-10-7-14-16(3)8-10/h7-8,13H,4-6H2,1-3H3. The van der Waals surface area contributed by atoms with E-state index in [0.29, 0.717) is 24.6 Å². The van der Waals surface area contributed by atoms with E-state index in [2.05, 4.69) is 15.5 Å². The maximum Gasteiger partial charge on any atom is 0.333 e. The van der Waals surface area contributed by atoms with E-state index in [1.165, 1.54) is 0 Å². The molecule has 0 amide bonds. The number of nitrogens with zero attached hydrogens (tertiary/aromatic N) is 5. The monoisotopic (exact) mass is 278 g/mol. The topological polar surface area (TPSA) is 90.8 Å². The summed E-state index contributed by atoms with van der Waals surface area (Å²) in [5.41, 5.74) is 1.43. The molecule has 8 heteroatoms. The normalized spacial score (nSPS) is 10.8. The number of hydrogen-bond acceptors (Lipinski definition) is 5. The van der Waals surface area contributed by atoms with Gasteiger partial charge in [-0.15, -0.1) is 0 Å². The number of hydrogen-bond donors (Lipinski definition) is 1. The Kier molecular flexibility index (Phi) is 4.02. The average molecular weight is 278 g/mol. The second kappa shape index (κ2) is 5.72. The molecule has 2 heterocycles. The molecule has 2 aromatic heterocycles. The molecule has 0 atom stereocenters. The molecule has 0 aliphatic carbocycles. The number of rotatable bonds is 6. The van der Waals surface area contributed by atoms with Gasteiger partial charge in [-0.25, -0.2) is 4.68 Å². The minimum atomic E-state index is -0.389. The first-order chi connectivity index (χ1) is 9.52. The Labute approximate surface area is 116 Å². The molecule has 2 aromatic rings. The van der Waals surface area contributed by atoms with Crippen LogP contribution in [0.1, 0.15) is 24.6 Å². The van der Waals surface area contributed by atoms with Crippen molar-refractivity contribution in [3.63, 3.8) is 0 Å². The van der Waals surface area contributed by atoms with Crippen LogP contribution in [0.2, 0.25) is 0 Å². The van der Waals surface area contributed by atoms with Crippen LogP contribution in [-0.4, -0.2) is 24.5 Å². The van der Waals surface area contributed by atoms with Crippen LogP contribution in [0.4, 0.5) is 11.5 Å². The lowest BCUT2D eigenvalue weighted by molar-refractivity contribution is -0.384. The van der Waals surface area contributed by atoms with Gasteiger partial charge in [0, 0.05) is 31.9 Å². The highest BCUT2D eigenvalue weighted by atomic mass is 16.6. The molecule has 0 bridgehead atoms. The van der Waals surface area contributed by atoms with Crippen LogP contribution in [-0.2, 0) is 20.1 Å². The lowest BCUT2D eigenvalue weighted by atomic mass is 10.3. The largest absolute Gasteiger partial charge is 0.360 e. The smallest absolute Gasteiger partial charge is 0.333 e. The summed E-state index contributed by atoms with van der Waals surface area (Å²) in [5.74, 6) is 0.457. The van der Waals surface area contributed by atoms with Crippen molar-refractivity contribution in [1.29, 1.82) is 0 Å². The van der Waals surface area contributed by atoms with Crippen LogP contribution >= 0.6 is 0 Å². The summed E-state index contributed by atoms with van der Waals surface area (Å²) in [6.45, 7) is 4.78. The summed E-state index contributed by atoms with van der Waals surface area (Å²) in [6, 6.07) is 0. The third-order valence-electron chi connectivity index (χ3n) is 2.93. The molecule has 0 saturated carbocycles. The molecule has 2 rings (SSSR count). The van der Waals surface area contributed by atoms with Gasteiger partial charge in [0.2, 0.25) is 5.82 Å². The molecule has 0 saturated heterocycles. The minimum Gasteiger partial charge on any atom is -0.360 e. The van der Waals surface area contributed by atoms with Crippen molar-refractivity contribution < 1.29 is 4.92 Å². The van der Waals surface area contributed by atoms with E-state index in [4.69, 9.17) is 0 Å². The van der Waals surface area contributed by atoms with Gasteiger partial charge in [0.25, 0.3) is 0 Å². The summed E-state index contributed by atoms with van der Waals surface area (Å²) in [5, 5.41) is 22.6. The number of aromatic nitrogens is 4. The lowest BCUT2D eigenvalue weighted by Gasteiger charge is -2.07. The Morgan fingerprint density at radius 1 is 1.50 bits per heavy atom. The van der Waals surface area contributed by atoms with Gasteiger partial charge in [-0.1, -0.05) is 6.92 Å². The molecule has 8 nitrogen and oxygen atoms in total. The summed E-state index contributed by atoms with van der Waals surface area (Å²) >= 11 is 0. The van der Waals surface area contributed by atoms with Gasteiger partial charge >= 0.3 is 5.69 Å². The number of anilines is 1. The second-order valence-corrected chi connectivity index (χ2v) is 4.64. The molecular formula is C12H18N6O2. The molecule has 20 heavy (non-hydrogen) atoms. The van der Waals surface area contributed by atoms with Crippen molar-refractivity contribution in [3.05, 3.63) is 33.8 Å². The van der Waals surface area contributed by atoms with E-state index in [1.54, 1.807) is 22.5 Å². The fraction of sp³-hybridized carbons (Fsp3) is 0.500. The molecule has 1 N–H and O–H groups in total. The number of aryl methyl sites for hydroxylation is 3. The third kappa shape index (κ3) is 2.79. The van der Waals surface area contributed by atoms with Crippen molar-refractivity contribution in [2.45, 2.75) is 33.4 Å². The molecule has 0 unspecified atom stereocenters. The number of nitrogens with one attached hydrogen (secondary N) is 1. The molecule has 0 radical (unpaired) electrons. The highest BCUT2D eigenvalue weighted by molar-refractivity contribution is 5.59. The SMILES string of the molecule is CCCn1nc(C)c([N+](=O)[O-])c1NCc1cnn(C)c1. The zero-order valence-corrected chi connectivity index (χ0v) is 11.8. The molecular weight excluding hydrogens is 260 g/mol. The first-order valence-electron chi connectivity index (χ1n) is 6.46. The van der Waals surface area contributed by atoms with Crippen LogP contribution in [0.25, 0.3) is 0 Å². The van der Waals surface area contributed by atoms with E-state index >= 15 is 0 Å². The first-order valence-corrected chi connectivity index (χ1v) is 6.46. The molecule has 108 valence electrons. The van der Waals surface area contributed by atoms with E-state index in [0.717, 1.165) is 12.0 Å². The average Bonchev–Trinajstić information content (AvgIpc) is 2.91. The van der Waals surface area contributed by atoms with Crippen LogP contribution in [0.15, 0.2) is 12.4 Å². The fourth-order valence-electron chi connectivity index (χ4n) is 2.09. The zero-order valence-electron chi connectivity index (χ0n) is 11.8. The number of nitro groups is 1. The quantitative estimate of drug-likeness (QED) is 0.643. The van der Waals surface area contributed by atoms with Gasteiger partial charge in [-0.3, -0.25) is 14.8 Å². The fourth-order valence-corrected chi connectivity index (χ4v) is 2.09. The van der Waals surface area contributed by atoms with Gasteiger partial charge < -0.3 is 5.32 Å². The zero-order chi connectivity index (χ0) is 14.7. The summed E-state index contributed by atoms with van der Waals surface area (Å²) in [6.07, 6.45) is 4.46. The predicted molar refractivity (Wildman–Crippen MR) is 74.4 cm³/mol. The van der Waals surface area contributed by atoms with Crippen molar-refractivity contribution in [2.24, 2.45) is 7.05 Å². The van der Waals surface area contributed by atoms with Crippen LogP contribution in [0.3, 0.4) is 0 Å². The lowest BCUT2D eigenvalue weighted by Crippen LogP contribution is -2.09. The highest BCUT2D eigenvalue weighted by Gasteiger charge is 2.24.